The molecule has 2 aliphatic heterocycles. The quantitative estimate of drug-likeness (QED) is 0.198. The van der Waals surface area contributed by atoms with Crippen LogP contribution in [0.25, 0.3) is 22.3 Å². The molecule has 2 unspecified atom stereocenters. The van der Waals surface area contributed by atoms with E-state index in [1.165, 1.54) is 44.5 Å². The second-order valence-corrected chi connectivity index (χ2v) is 12.9. The molecule has 6 heteroatoms. The van der Waals surface area contributed by atoms with Gasteiger partial charge in [-0.05, 0) is 96.5 Å². The summed E-state index contributed by atoms with van der Waals surface area (Å²) in [4.78, 5) is 0. The lowest BCUT2D eigenvalue weighted by molar-refractivity contribution is -0.0221. The molecule has 0 spiro atoms. The molecule has 4 aromatic rings. The zero-order chi connectivity index (χ0) is 29.7. The van der Waals surface area contributed by atoms with Gasteiger partial charge in [0, 0.05) is 48.1 Å². The van der Waals surface area contributed by atoms with Crippen molar-refractivity contribution in [2.75, 3.05) is 27.2 Å². The molecule has 0 saturated carbocycles. The molecule has 0 bridgehead atoms. The second kappa shape index (κ2) is 11.6. The molecule has 4 nitrogen and oxygen atoms in total. The Balaban J connectivity index is 1.15. The van der Waals surface area contributed by atoms with E-state index in [1.807, 2.05) is 12.1 Å². The number of fused-ring (bicyclic) bond motifs is 2. The number of nitrogens with zero attached hydrogens (tertiary/aromatic N) is 2. The first-order valence-electron chi connectivity index (χ1n) is 14.6. The second-order valence-electron chi connectivity index (χ2n) is 12.0. The third-order valence-corrected chi connectivity index (χ3v) is 9.18. The summed E-state index contributed by atoms with van der Waals surface area (Å²) in [6, 6.07) is 21.0. The van der Waals surface area contributed by atoms with Crippen molar-refractivity contribution in [1.82, 2.24) is 10.0 Å². The van der Waals surface area contributed by atoms with E-state index < -0.39 is 0 Å². The normalized spacial score (nSPS) is 17.4. The minimum Gasteiger partial charge on any atom is -0.488 e. The number of aryl methyl sites for hydroxylation is 4. The van der Waals surface area contributed by atoms with Gasteiger partial charge in [0.05, 0.1) is 13.1 Å². The van der Waals surface area contributed by atoms with Crippen LogP contribution in [0.5, 0.6) is 11.5 Å². The van der Waals surface area contributed by atoms with Gasteiger partial charge in [-0.1, -0.05) is 59.6 Å². The SMILES string of the molecule is Cc1cccc(C)c1-c1cc(Cl)cc2c1OC(CN(C)N(C)CC1Cc3cc(Cl)cc(-c4c(C)cccc4C)c3O1)C2. The number of hydrogen-bond donors (Lipinski definition) is 0. The highest BCUT2D eigenvalue weighted by atomic mass is 35.5. The molecular formula is C36H38Cl2N2O2. The van der Waals surface area contributed by atoms with Crippen LogP contribution in [0.2, 0.25) is 10.0 Å². The van der Waals surface area contributed by atoms with Gasteiger partial charge in [-0.2, -0.15) is 0 Å². The molecule has 0 aromatic heterocycles. The van der Waals surface area contributed by atoms with E-state index in [4.69, 9.17) is 32.7 Å². The molecule has 0 amide bonds. The Morgan fingerprint density at radius 2 is 0.976 bits per heavy atom. The number of ether oxygens (including phenoxy) is 2. The first-order chi connectivity index (χ1) is 20.1. The summed E-state index contributed by atoms with van der Waals surface area (Å²) in [6.07, 6.45) is 1.72. The number of rotatable bonds is 7. The molecule has 2 atom stereocenters. The highest BCUT2D eigenvalue weighted by molar-refractivity contribution is 6.31. The predicted octanol–water partition coefficient (Wildman–Crippen LogP) is 8.65. The van der Waals surface area contributed by atoms with E-state index in [0.29, 0.717) is 0 Å². The van der Waals surface area contributed by atoms with Gasteiger partial charge in [-0.3, -0.25) is 0 Å². The summed E-state index contributed by atoms with van der Waals surface area (Å²) in [5.41, 5.74) is 11.8. The van der Waals surface area contributed by atoms with Crippen molar-refractivity contribution in [2.45, 2.75) is 52.7 Å². The first-order valence-corrected chi connectivity index (χ1v) is 15.4. The Bertz CT molecular complexity index is 1500. The smallest absolute Gasteiger partial charge is 0.131 e. The fourth-order valence-electron chi connectivity index (χ4n) is 6.71. The minimum atomic E-state index is 0.0325. The van der Waals surface area contributed by atoms with Gasteiger partial charge in [0.2, 0.25) is 0 Å². The van der Waals surface area contributed by atoms with Crippen LogP contribution < -0.4 is 9.47 Å². The van der Waals surface area contributed by atoms with Crippen LogP contribution in [0.1, 0.15) is 33.4 Å². The predicted molar refractivity (Wildman–Crippen MR) is 174 cm³/mol. The Hall–Kier alpha value is -3.02. The molecule has 0 saturated heterocycles. The maximum absolute atomic E-state index is 6.63. The maximum Gasteiger partial charge on any atom is 0.131 e. The number of likely N-dealkylation sites (N-methyl/N-ethyl adjacent to an activating group) is 2. The molecule has 4 aromatic carbocycles. The number of hydrazine groups is 1. The highest BCUT2D eigenvalue weighted by Crippen LogP contribution is 2.45. The van der Waals surface area contributed by atoms with Crippen LogP contribution in [0.3, 0.4) is 0 Å². The Morgan fingerprint density at radius 3 is 1.33 bits per heavy atom. The van der Waals surface area contributed by atoms with Gasteiger partial charge < -0.3 is 9.47 Å². The molecule has 42 heavy (non-hydrogen) atoms. The van der Waals surface area contributed by atoms with Crippen molar-refractivity contribution >= 4 is 23.2 Å². The third-order valence-electron chi connectivity index (χ3n) is 8.74. The Morgan fingerprint density at radius 1 is 0.619 bits per heavy atom. The zero-order valence-corrected chi connectivity index (χ0v) is 26.7. The standard InChI is InChI=1S/C36H38Cl2N2O2/c1-21-9-7-10-22(2)33(21)31-17-27(37)13-25-15-29(41-35(25)31)19-39(5)40(6)20-30-16-26-14-28(38)18-32(36(26)42-30)34-23(3)11-8-12-24(34)4/h7-14,17-18,29-30H,15-16,19-20H2,1-6H3. The van der Waals surface area contributed by atoms with Crippen LogP contribution in [0.15, 0.2) is 60.7 Å². The molecule has 0 radical (unpaired) electrons. The van der Waals surface area contributed by atoms with Crippen molar-refractivity contribution in [2.24, 2.45) is 0 Å². The summed E-state index contributed by atoms with van der Waals surface area (Å²) in [5.74, 6) is 1.92. The van der Waals surface area contributed by atoms with Gasteiger partial charge in [0.25, 0.3) is 0 Å². The van der Waals surface area contributed by atoms with Crippen LogP contribution in [0, 0.1) is 27.7 Å². The van der Waals surface area contributed by atoms with Crippen molar-refractivity contribution in [1.29, 1.82) is 0 Å². The van der Waals surface area contributed by atoms with E-state index >= 15 is 0 Å². The lowest BCUT2D eigenvalue weighted by Gasteiger charge is -2.31. The molecule has 218 valence electrons. The molecule has 2 heterocycles. The van der Waals surface area contributed by atoms with Gasteiger partial charge >= 0.3 is 0 Å². The number of benzene rings is 4. The van der Waals surface area contributed by atoms with Gasteiger partial charge in [-0.15, -0.1) is 0 Å². The highest BCUT2D eigenvalue weighted by Gasteiger charge is 2.32. The zero-order valence-electron chi connectivity index (χ0n) is 25.2. The lowest BCUT2D eigenvalue weighted by atomic mass is 9.93. The first kappa shape index (κ1) is 29.1. The molecule has 0 aliphatic carbocycles. The lowest BCUT2D eigenvalue weighted by Crippen LogP contribution is -2.46. The van der Waals surface area contributed by atoms with E-state index in [2.05, 4.69) is 100 Å². The van der Waals surface area contributed by atoms with Crippen molar-refractivity contribution in [3.63, 3.8) is 0 Å². The van der Waals surface area contributed by atoms with Crippen molar-refractivity contribution in [3.8, 4) is 33.8 Å². The monoisotopic (exact) mass is 600 g/mol. The van der Waals surface area contributed by atoms with Gasteiger partial charge in [0.15, 0.2) is 0 Å². The van der Waals surface area contributed by atoms with Gasteiger partial charge in [0.1, 0.15) is 23.7 Å². The average molecular weight is 602 g/mol. The molecule has 0 fully saturated rings. The summed E-state index contributed by atoms with van der Waals surface area (Å²) < 4.78 is 13.3. The summed E-state index contributed by atoms with van der Waals surface area (Å²) in [5, 5.41) is 5.98. The van der Waals surface area contributed by atoms with Crippen molar-refractivity contribution < 1.29 is 9.47 Å². The van der Waals surface area contributed by atoms with E-state index in [1.54, 1.807) is 0 Å². The number of hydrogen-bond acceptors (Lipinski definition) is 4. The summed E-state index contributed by atoms with van der Waals surface area (Å²) >= 11 is 13.2. The fraction of sp³-hybridized carbons (Fsp3) is 0.333. The topological polar surface area (TPSA) is 24.9 Å². The van der Waals surface area contributed by atoms with Crippen LogP contribution in [-0.2, 0) is 12.8 Å². The molecule has 2 aliphatic rings. The molecule has 0 N–H and O–H groups in total. The molecule has 6 rings (SSSR count). The fourth-order valence-corrected chi connectivity index (χ4v) is 7.19. The van der Waals surface area contributed by atoms with Gasteiger partial charge in [-0.25, -0.2) is 10.0 Å². The Kier molecular flexibility index (Phi) is 8.01. The van der Waals surface area contributed by atoms with E-state index in [-0.39, 0.29) is 12.2 Å². The summed E-state index contributed by atoms with van der Waals surface area (Å²) in [7, 11) is 4.24. The van der Waals surface area contributed by atoms with Crippen LogP contribution in [0.4, 0.5) is 0 Å². The maximum atomic E-state index is 6.63. The van der Waals surface area contributed by atoms with E-state index in [0.717, 1.165) is 58.6 Å². The number of halogens is 2. The largest absolute Gasteiger partial charge is 0.488 e. The average Bonchev–Trinajstić information content (AvgIpc) is 3.51. The Labute approximate surface area is 259 Å². The molecular weight excluding hydrogens is 563 g/mol. The van der Waals surface area contributed by atoms with Crippen LogP contribution in [-0.4, -0.2) is 49.4 Å². The third kappa shape index (κ3) is 5.54. The van der Waals surface area contributed by atoms with Crippen molar-refractivity contribution in [3.05, 3.63) is 104 Å². The minimum absolute atomic E-state index is 0.0325. The summed E-state index contributed by atoms with van der Waals surface area (Å²) in [6.45, 7) is 10.1. The van der Waals surface area contributed by atoms with E-state index in [9.17, 15) is 0 Å². The van der Waals surface area contributed by atoms with Crippen LogP contribution >= 0.6 is 23.2 Å².